The average Bonchev–Trinajstić information content (AvgIpc) is 3.17. The number of halogens is 6. The third-order valence-corrected chi connectivity index (χ3v) is 5.47. The molecule has 14 heteroatoms. The van der Waals surface area contributed by atoms with Gasteiger partial charge in [-0.05, 0) is 37.1 Å². The molecule has 1 aromatic heterocycles. The highest BCUT2D eigenvalue weighted by molar-refractivity contribution is 5.99. The van der Waals surface area contributed by atoms with Gasteiger partial charge in [0.1, 0.15) is 6.04 Å². The molecule has 194 valence electrons. The Hall–Kier alpha value is -3.97. The molecule has 0 saturated heterocycles. The van der Waals surface area contributed by atoms with E-state index in [4.69, 9.17) is 9.90 Å². The predicted octanol–water partition coefficient (Wildman–Crippen LogP) is 5.67. The number of fused-ring (bicyclic) bond motifs is 2. The maximum Gasteiger partial charge on any atom is 0.490 e. The Bertz CT molecular complexity index is 1240. The highest BCUT2D eigenvalue weighted by Crippen LogP contribution is 2.35. The van der Waals surface area contributed by atoms with E-state index < -0.39 is 24.4 Å². The van der Waals surface area contributed by atoms with E-state index in [-0.39, 0.29) is 17.9 Å². The molecule has 0 spiro atoms. The second-order valence-corrected chi connectivity index (χ2v) is 7.98. The number of carboxylic acid groups (broad SMARTS) is 1. The number of anilines is 2. The summed E-state index contributed by atoms with van der Waals surface area (Å²) in [7, 11) is 0. The number of hydrogen-bond donors (Lipinski definition) is 4. The number of carboxylic acids is 1. The minimum absolute atomic E-state index is 0.132. The van der Waals surface area contributed by atoms with Crippen molar-refractivity contribution in [1.82, 2.24) is 15.1 Å². The first kappa shape index (κ1) is 26.6. The largest absolute Gasteiger partial charge is 0.490 e. The number of amides is 2. The van der Waals surface area contributed by atoms with Crippen LogP contribution >= 0.6 is 0 Å². The zero-order valence-corrected chi connectivity index (χ0v) is 18.8. The van der Waals surface area contributed by atoms with E-state index in [9.17, 15) is 31.1 Å². The Morgan fingerprint density at radius 3 is 2.28 bits per heavy atom. The number of urea groups is 1. The molecule has 1 aliphatic heterocycles. The molecule has 2 amide bonds. The monoisotopic (exact) mass is 517 g/mol. The van der Waals surface area contributed by atoms with Crippen molar-refractivity contribution in [2.45, 2.75) is 44.8 Å². The lowest BCUT2D eigenvalue weighted by atomic mass is 10.0. The quantitative estimate of drug-likeness (QED) is 0.334. The van der Waals surface area contributed by atoms with Crippen LogP contribution in [0.25, 0.3) is 10.9 Å². The zero-order chi connectivity index (χ0) is 26.8. The summed E-state index contributed by atoms with van der Waals surface area (Å²) in [5, 5.41) is 19.7. The third kappa shape index (κ3) is 5.98. The molecule has 0 saturated carbocycles. The fraction of sp³-hybridized carbons (Fsp3) is 0.318. The molecule has 0 fully saturated rings. The maximum atomic E-state index is 12.9. The van der Waals surface area contributed by atoms with E-state index in [1.165, 1.54) is 0 Å². The van der Waals surface area contributed by atoms with Crippen LogP contribution in [0.1, 0.15) is 31.0 Å². The van der Waals surface area contributed by atoms with Gasteiger partial charge >= 0.3 is 24.4 Å². The summed E-state index contributed by atoms with van der Waals surface area (Å²) in [4.78, 5) is 23.2. The van der Waals surface area contributed by atoms with Crippen molar-refractivity contribution in [3.8, 4) is 0 Å². The Morgan fingerprint density at radius 1 is 1.11 bits per heavy atom. The van der Waals surface area contributed by atoms with Gasteiger partial charge in [0.2, 0.25) is 0 Å². The van der Waals surface area contributed by atoms with E-state index in [1.54, 1.807) is 17.0 Å². The molecule has 2 aromatic carbocycles. The molecule has 4 N–H and O–H groups in total. The maximum absolute atomic E-state index is 12.9. The highest BCUT2D eigenvalue weighted by atomic mass is 19.4. The molecular weight excluding hydrogens is 496 g/mol. The van der Waals surface area contributed by atoms with Gasteiger partial charge in [0.15, 0.2) is 5.82 Å². The van der Waals surface area contributed by atoms with Crippen molar-refractivity contribution in [3.63, 3.8) is 0 Å². The van der Waals surface area contributed by atoms with Crippen molar-refractivity contribution in [3.05, 3.63) is 53.6 Å². The van der Waals surface area contributed by atoms with Crippen molar-refractivity contribution in [1.29, 1.82) is 0 Å². The first-order chi connectivity index (χ1) is 16.7. The van der Waals surface area contributed by atoms with Gasteiger partial charge in [0.05, 0.1) is 18.1 Å². The lowest BCUT2D eigenvalue weighted by Crippen LogP contribution is -2.40. The van der Waals surface area contributed by atoms with E-state index in [0.29, 0.717) is 23.1 Å². The van der Waals surface area contributed by atoms with Crippen molar-refractivity contribution in [2.75, 3.05) is 10.6 Å². The number of hydrogen-bond acceptors (Lipinski definition) is 4. The van der Waals surface area contributed by atoms with E-state index in [1.807, 2.05) is 37.3 Å². The SMILES string of the molecule is CC(Nc1n[nH]c2cc3c(cc12)CN([C@H](C)c1ccccc1)C(=O)N3)C(F)(F)F.O=C(O)C(F)(F)F. The number of aliphatic carboxylic acids is 1. The summed E-state index contributed by atoms with van der Waals surface area (Å²) >= 11 is 0. The van der Waals surface area contributed by atoms with Crippen LogP contribution < -0.4 is 10.6 Å². The summed E-state index contributed by atoms with van der Waals surface area (Å²) in [5.74, 6) is -2.63. The highest BCUT2D eigenvalue weighted by Gasteiger charge is 2.38. The Balaban J connectivity index is 0.000000454. The first-order valence-corrected chi connectivity index (χ1v) is 10.5. The second-order valence-electron chi connectivity index (χ2n) is 7.98. The van der Waals surface area contributed by atoms with Gasteiger partial charge in [-0.2, -0.15) is 31.4 Å². The molecule has 0 aliphatic carbocycles. The number of alkyl halides is 6. The molecule has 36 heavy (non-hydrogen) atoms. The molecule has 0 radical (unpaired) electrons. The van der Waals surface area contributed by atoms with Crippen molar-refractivity contribution >= 4 is 34.4 Å². The summed E-state index contributed by atoms with van der Waals surface area (Å²) < 4.78 is 70.4. The number of nitrogens with one attached hydrogen (secondary N) is 3. The summed E-state index contributed by atoms with van der Waals surface area (Å²) in [6.45, 7) is 3.32. The number of carbonyl (C=O) groups excluding carboxylic acids is 1. The molecule has 2 atom stereocenters. The summed E-state index contributed by atoms with van der Waals surface area (Å²) in [5.41, 5.74) is 2.98. The van der Waals surface area contributed by atoms with Gasteiger partial charge < -0.3 is 20.6 Å². The molecule has 4 rings (SSSR count). The topological polar surface area (TPSA) is 110 Å². The molecule has 0 bridgehead atoms. The first-order valence-electron chi connectivity index (χ1n) is 10.5. The average molecular weight is 517 g/mol. The number of aromatic nitrogens is 2. The van der Waals surface area contributed by atoms with Crippen LogP contribution in [-0.4, -0.2) is 50.6 Å². The third-order valence-electron chi connectivity index (χ3n) is 5.47. The number of H-pyrrole nitrogens is 1. The summed E-state index contributed by atoms with van der Waals surface area (Å²) in [6.07, 6.45) is -9.46. The molecule has 1 aliphatic rings. The summed E-state index contributed by atoms with van der Waals surface area (Å²) in [6, 6.07) is 11.0. The lowest BCUT2D eigenvalue weighted by molar-refractivity contribution is -0.192. The normalized spacial score (nSPS) is 15.3. The van der Waals surface area contributed by atoms with Crippen LogP contribution in [0, 0.1) is 0 Å². The molecule has 1 unspecified atom stereocenters. The van der Waals surface area contributed by atoms with E-state index in [0.717, 1.165) is 18.1 Å². The number of benzene rings is 2. The standard InChI is InChI=1S/C20H20F3N5O.C2HF3O2/c1-11(13-6-4-3-5-7-13)28-10-14-8-15-17(9-16(14)25-19(28)29)26-27-18(15)24-12(2)20(21,22)23;3-2(4,5)1(6)7/h3-9,11-12H,10H2,1-2H3,(H,25,29)(H2,24,26,27);(H,6,7)/t11-,12?;/m1./s1. The Labute approximate surface area is 200 Å². The van der Waals surface area contributed by atoms with Crippen LogP contribution in [0.5, 0.6) is 0 Å². The number of carbonyl (C=O) groups is 2. The van der Waals surface area contributed by atoms with Gasteiger partial charge in [-0.1, -0.05) is 30.3 Å². The number of nitrogens with zero attached hydrogens (tertiary/aromatic N) is 2. The predicted molar refractivity (Wildman–Crippen MR) is 118 cm³/mol. The smallest absolute Gasteiger partial charge is 0.475 e. The number of rotatable bonds is 4. The van der Waals surface area contributed by atoms with Gasteiger partial charge in [0, 0.05) is 11.1 Å². The van der Waals surface area contributed by atoms with Crippen LogP contribution in [0.15, 0.2) is 42.5 Å². The van der Waals surface area contributed by atoms with Crippen LogP contribution in [0.2, 0.25) is 0 Å². The van der Waals surface area contributed by atoms with Crippen molar-refractivity contribution < 1.29 is 41.0 Å². The Kier molecular flexibility index (Phi) is 7.36. The van der Waals surface area contributed by atoms with E-state index >= 15 is 0 Å². The number of aromatic amines is 1. The molecule has 2 heterocycles. The van der Waals surface area contributed by atoms with Crippen LogP contribution in [-0.2, 0) is 11.3 Å². The molecular formula is C22H21F6N5O3. The minimum atomic E-state index is -5.08. The van der Waals surface area contributed by atoms with Crippen molar-refractivity contribution in [2.24, 2.45) is 0 Å². The van der Waals surface area contributed by atoms with Gasteiger partial charge in [-0.3, -0.25) is 5.10 Å². The molecule has 3 aromatic rings. The molecule has 8 nitrogen and oxygen atoms in total. The fourth-order valence-corrected chi connectivity index (χ4v) is 3.42. The lowest BCUT2D eigenvalue weighted by Gasteiger charge is -2.34. The van der Waals surface area contributed by atoms with E-state index in [2.05, 4.69) is 20.8 Å². The fourth-order valence-electron chi connectivity index (χ4n) is 3.42. The van der Waals surface area contributed by atoms with Gasteiger partial charge in [-0.25, -0.2) is 9.59 Å². The van der Waals surface area contributed by atoms with Gasteiger partial charge in [-0.15, -0.1) is 0 Å². The van der Waals surface area contributed by atoms with Gasteiger partial charge in [0.25, 0.3) is 0 Å². The second kappa shape index (κ2) is 9.95. The zero-order valence-electron chi connectivity index (χ0n) is 18.8. The minimum Gasteiger partial charge on any atom is -0.475 e. The van der Waals surface area contributed by atoms with Crippen LogP contribution in [0.3, 0.4) is 0 Å². The Morgan fingerprint density at radius 2 is 1.72 bits per heavy atom. The van der Waals surface area contributed by atoms with Crippen LogP contribution in [0.4, 0.5) is 42.6 Å².